The van der Waals surface area contributed by atoms with Crippen molar-refractivity contribution in [1.29, 1.82) is 0 Å². The second kappa shape index (κ2) is 11.2. The van der Waals surface area contributed by atoms with Crippen LogP contribution in [0.3, 0.4) is 0 Å². The molecule has 2 heterocycles. The van der Waals surface area contributed by atoms with Gasteiger partial charge in [0.2, 0.25) is 11.7 Å². The number of hydrogen-bond donors (Lipinski definition) is 1. The van der Waals surface area contributed by atoms with E-state index in [2.05, 4.69) is 57.7 Å². The van der Waals surface area contributed by atoms with Gasteiger partial charge in [-0.3, -0.25) is 4.79 Å². The highest BCUT2D eigenvalue weighted by molar-refractivity contribution is 8.00. The average Bonchev–Trinajstić information content (AvgIpc) is 3.28. The number of carboxylic acids is 1. The van der Waals surface area contributed by atoms with E-state index in [1.807, 2.05) is 29.2 Å². The third-order valence-electron chi connectivity index (χ3n) is 6.99. The maximum Gasteiger partial charge on any atom is 0.372 e. The summed E-state index contributed by atoms with van der Waals surface area (Å²) in [6.45, 7) is 7.36. The van der Waals surface area contributed by atoms with Crippen molar-refractivity contribution in [2.75, 3.05) is 41.9 Å². The molecule has 1 aliphatic rings. The molecule has 1 aromatic heterocycles. The van der Waals surface area contributed by atoms with Crippen LogP contribution in [0.4, 0.5) is 11.4 Å². The van der Waals surface area contributed by atoms with Crippen LogP contribution in [0.1, 0.15) is 28.6 Å². The Balaban J connectivity index is 1.37. The Morgan fingerprint density at radius 1 is 0.974 bits per heavy atom. The molecule has 1 N–H and O–H groups in total. The molecule has 4 aromatic rings. The summed E-state index contributed by atoms with van der Waals surface area (Å²) in [5.74, 6) is -0.933. The Morgan fingerprint density at radius 3 is 2.34 bits per heavy atom. The number of carbonyl (C=O) groups is 2. The van der Waals surface area contributed by atoms with Crippen LogP contribution in [0.25, 0.3) is 11.0 Å². The number of carbonyl (C=O) groups excluding carboxylic acids is 1. The van der Waals surface area contributed by atoms with Gasteiger partial charge in [0.1, 0.15) is 5.58 Å². The fraction of sp³-hybridized carbons (Fsp3) is 0.267. The second-order valence-corrected chi connectivity index (χ2v) is 10.6. The van der Waals surface area contributed by atoms with E-state index in [0.29, 0.717) is 11.1 Å². The Hall–Kier alpha value is -3.91. The molecular weight excluding hydrogens is 498 g/mol. The molecule has 3 aromatic carbocycles. The van der Waals surface area contributed by atoms with Crippen molar-refractivity contribution in [3.05, 3.63) is 89.7 Å². The SMILES string of the molecule is CC(=O)N1CCN(c2ccc(N(CCc3ccccc3)Sc3ccc4oc(C(=O)O)c(C)c4c3)cc2)CC1. The van der Waals surface area contributed by atoms with Gasteiger partial charge in [-0.05, 0) is 73.3 Å². The van der Waals surface area contributed by atoms with Crippen LogP contribution in [0.15, 0.2) is 82.1 Å². The maximum absolute atomic E-state index is 11.7. The molecular formula is C30H31N3O4S. The molecule has 1 amide bonds. The minimum atomic E-state index is -1.06. The van der Waals surface area contributed by atoms with Gasteiger partial charge in [0, 0.05) is 66.9 Å². The summed E-state index contributed by atoms with van der Waals surface area (Å²) in [7, 11) is 0. The van der Waals surface area contributed by atoms with E-state index in [0.717, 1.165) is 60.8 Å². The Kier molecular flexibility index (Phi) is 7.60. The van der Waals surface area contributed by atoms with Gasteiger partial charge in [-0.15, -0.1) is 0 Å². The molecule has 0 unspecified atom stereocenters. The summed E-state index contributed by atoms with van der Waals surface area (Å²) in [6, 6.07) is 24.8. The molecule has 0 bridgehead atoms. The topological polar surface area (TPSA) is 77.2 Å². The molecule has 0 atom stereocenters. The van der Waals surface area contributed by atoms with Crippen LogP contribution in [0.5, 0.6) is 0 Å². The Morgan fingerprint density at radius 2 is 1.68 bits per heavy atom. The lowest BCUT2D eigenvalue weighted by Crippen LogP contribution is -2.48. The van der Waals surface area contributed by atoms with Gasteiger partial charge in [-0.1, -0.05) is 30.3 Å². The minimum Gasteiger partial charge on any atom is -0.475 e. The van der Waals surface area contributed by atoms with Crippen LogP contribution in [-0.2, 0) is 11.2 Å². The predicted octanol–water partition coefficient (Wildman–Crippen LogP) is 5.86. The van der Waals surface area contributed by atoms with Crippen molar-refractivity contribution in [2.45, 2.75) is 25.2 Å². The van der Waals surface area contributed by atoms with Gasteiger partial charge < -0.3 is 23.6 Å². The molecule has 0 aliphatic carbocycles. The number of amides is 1. The first-order chi connectivity index (χ1) is 18.4. The number of carboxylic acid groups (broad SMARTS) is 1. The van der Waals surface area contributed by atoms with Crippen molar-refractivity contribution in [3.63, 3.8) is 0 Å². The summed E-state index contributed by atoms with van der Waals surface area (Å²) in [4.78, 5) is 28.4. The van der Waals surface area contributed by atoms with E-state index in [4.69, 9.17) is 4.42 Å². The number of anilines is 2. The van der Waals surface area contributed by atoms with E-state index in [-0.39, 0.29) is 11.7 Å². The van der Waals surface area contributed by atoms with Crippen molar-refractivity contribution in [3.8, 4) is 0 Å². The second-order valence-electron chi connectivity index (χ2n) is 9.46. The van der Waals surface area contributed by atoms with Gasteiger partial charge in [0.25, 0.3) is 0 Å². The molecule has 1 aliphatic heterocycles. The van der Waals surface area contributed by atoms with Gasteiger partial charge in [-0.25, -0.2) is 4.79 Å². The highest BCUT2D eigenvalue weighted by atomic mass is 32.2. The third kappa shape index (κ3) is 5.65. The first-order valence-corrected chi connectivity index (χ1v) is 13.5. The molecule has 0 spiro atoms. The monoisotopic (exact) mass is 529 g/mol. The average molecular weight is 530 g/mol. The predicted molar refractivity (Wildman–Crippen MR) is 152 cm³/mol. The zero-order chi connectivity index (χ0) is 26.6. The Bertz CT molecular complexity index is 1430. The molecule has 8 heteroatoms. The van der Waals surface area contributed by atoms with Crippen molar-refractivity contribution in [1.82, 2.24) is 4.90 Å². The standard InChI is InChI=1S/C30H31N3O4S/c1-21-27-20-26(12-13-28(27)37-29(21)30(35)36)38-33(15-14-23-6-4-3-5-7-23)25-10-8-24(9-11-25)32-18-16-31(17-19-32)22(2)34/h3-13,20H,14-19H2,1-2H3,(H,35,36). The molecule has 1 saturated heterocycles. The summed E-state index contributed by atoms with van der Waals surface area (Å²) in [6.07, 6.45) is 0.888. The molecule has 5 rings (SSSR count). The van der Waals surface area contributed by atoms with Crippen molar-refractivity contribution < 1.29 is 19.1 Å². The number of rotatable bonds is 8. The summed E-state index contributed by atoms with van der Waals surface area (Å²) in [5, 5.41) is 10.2. The number of furan rings is 1. The van der Waals surface area contributed by atoms with Gasteiger partial charge in [0.05, 0.1) is 0 Å². The highest BCUT2D eigenvalue weighted by Gasteiger charge is 2.20. The number of aromatic carboxylic acids is 1. The van der Waals surface area contributed by atoms with Gasteiger partial charge in [0.15, 0.2) is 0 Å². The first kappa shape index (κ1) is 25.7. The smallest absolute Gasteiger partial charge is 0.372 e. The van der Waals surface area contributed by atoms with Crippen LogP contribution in [0, 0.1) is 6.92 Å². The lowest BCUT2D eigenvalue weighted by molar-refractivity contribution is -0.129. The molecule has 1 fully saturated rings. The normalized spacial score (nSPS) is 13.6. The van der Waals surface area contributed by atoms with E-state index in [1.165, 1.54) is 5.56 Å². The van der Waals surface area contributed by atoms with Crippen LogP contribution >= 0.6 is 11.9 Å². The van der Waals surface area contributed by atoms with Gasteiger partial charge >= 0.3 is 5.97 Å². The lowest BCUT2D eigenvalue weighted by atomic mass is 10.1. The summed E-state index contributed by atoms with van der Waals surface area (Å²) < 4.78 is 7.83. The maximum atomic E-state index is 11.7. The molecule has 0 saturated carbocycles. The van der Waals surface area contributed by atoms with Crippen LogP contribution in [-0.4, -0.2) is 54.6 Å². The largest absolute Gasteiger partial charge is 0.475 e. The zero-order valence-corrected chi connectivity index (χ0v) is 22.4. The van der Waals surface area contributed by atoms with Crippen molar-refractivity contribution >= 4 is 46.2 Å². The summed E-state index contributed by atoms with van der Waals surface area (Å²) >= 11 is 1.63. The third-order valence-corrected chi connectivity index (χ3v) is 8.07. The van der Waals surface area contributed by atoms with Crippen LogP contribution in [0.2, 0.25) is 0 Å². The Labute approximate surface area is 226 Å². The molecule has 0 radical (unpaired) electrons. The number of nitrogens with zero attached hydrogens (tertiary/aromatic N) is 3. The first-order valence-electron chi connectivity index (χ1n) is 12.8. The van der Waals surface area contributed by atoms with E-state index >= 15 is 0 Å². The summed E-state index contributed by atoms with van der Waals surface area (Å²) in [5.41, 5.74) is 4.73. The van der Waals surface area contributed by atoms with Crippen molar-refractivity contribution in [2.24, 2.45) is 0 Å². The molecule has 7 nitrogen and oxygen atoms in total. The van der Waals surface area contributed by atoms with E-state index < -0.39 is 5.97 Å². The number of piperazine rings is 1. The quantitative estimate of drug-likeness (QED) is 0.286. The lowest BCUT2D eigenvalue weighted by Gasteiger charge is -2.35. The minimum absolute atomic E-state index is 0.0113. The van der Waals surface area contributed by atoms with E-state index in [9.17, 15) is 14.7 Å². The number of fused-ring (bicyclic) bond motifs is 1. The molecule has 196 valence electrons. The number of aryl methyl sites for hydroxylation is 1. The van der Waals surface area contributed by atoms with E-state index in [1.54, 1.807) is 25.8 Å². The fourth-order valence-electron chi connectivity index (χ4n) is 4.80. The highest BCUT2D eigenvalue weighted by Crippen LogP contribution is 2.34. The van der Waals surface area contributed by atoms with Gasteiger partial charge in [-0.2, -0.15) is 0 Å². The number of hydrogen-bond acceptors (Lipinski definition) is 6. The fourth-order valence-corrected chi connectivity index (χ4v) is 5.76. The van der Waals surface area contributed by atoms with Crippen LogP contribution < -0.4 is 9.21 Å². The number of benzene rings is 3. The molecule has 38 heavy (non-hydrogen) atoms. The zero-order valence-electron chi connectivity index (χ0n) is 21.6.